The van der Waals surface area contributed by atoms with Crippen molar-refractivity contribution in [3.63, 3.8) is 0 Å². The van der Waals surface area contributed by atoms with Crippen molar-refractivity contribution in [3.05, 3.63) is 0 Å². The molecular formula is C16H30N2O2S. The van der Waals surface area contributed by atoms with E-state index in [1.807, 2.05) is 11.8 Å². The number of carbonyl (C=O) groups is 1. The van der Waals surface area contributed by atoms with Crippen LogP contribution in [0.4, 0.5) is 0 Å². The zero-order chi connectivity index (χ0) is 15.2. The van der Waals surface area contributed by atoms with E-state index in [4.69, 9.17) is 0 Å². The summed E-state index contributed by atoms with van der Waals surface area (Å²) >= 11 is 2.04. The average Bonchev–Trinajstić information content (AvgIpc) is 2.48. The number of hydrogen-bond donors (Lipinski definition) is 1. The Hall–Kier alpha value is -0.260. The van der Waals surface area contributed by atoms with E-state index in [1.54, 1.807) is 0 Å². The van der Waals surface area contributed by atoms with Crippen LogP contribution in [0.2, 0.25) is 0 Å². The largest absolute Gasteiger partial charge is 0.481 e. The van der Waals surface area contributed by atoms with E-state index in [0.29, 0.717) is 6.04 Å². The molecule has 0 aromatic carbocycles. The van der Waals surface area contributed by atoms with Gasteiger partial charge in [0.15, 0.2) is 0 Å². The molecule has 122 valence electrons. The molecule has 0 aromatic rings. The Kier molecular flexibility index (Phi) is 6.83. The van der Waals surface area contributed by atoms with Gasteiger partial charge in [0.05, 0.1) is 5.92 Å². The van der Waals surface area contributed by atoms with E-state index >= 15 is 0 Å². The summed E-state index contributed by atoms with van der Waals surface area (Å²) in [4.78, 5) is 16.2. The highest BCUT2D eigenvalue weighted by Crippen LogP contribution is 2.24. The molecule has 0 bridgehead atoms. The summed E-state index contributed by atoms with van der Waals surface area (Å²) in [6.45, 7) is 9.93. The fraction of sp³-hybridized carbons (Fsp3) is 0.938. The maximum Gasteiger partial charge on any atom is 0.307 e. The Morgan fingerprint density at radius 3 is 2.57 bits per heavy atom. The zero-order valence-electron chi connectivity index (χ0n) is 13.5. The molecular weight excluding hydrogens is 284 g/mol. The van der Waals surface area contributed by atoms with Crippen molar-refractivity contribution in [1.82, 2.24) is 9.80 Å². The lowest BCUT2D eigenvalue weighted by Crippen LogP contribution is -2.49. The molecule has 2 fully saturated rings. The van der Waals surface area contributed by atoms with Gasteiger partial charge in [-0.05, 0) is 50.6 Å². The van der Waals surface area contributed by atoms with Gasteiger partial charge < -0.3 is 10.0 Å². The molecule has 2 aliphatic rings. The monoisotopic (exact) mass is 314 g/mol. The Morgan fingerprint density at radius 2 is 1.95 bits per heavy atom. The summed E-state index contributed by atoms with van der Waals surface area (Å²) in [5.74, 6) is 0.481. The first kappa shape index (κ1) is 17.1. The van der Waals surface area contributed by atoms with Crippen LogP contribution in [-0.4, -0.2) is 70.6 Å². The van der Waals surface area contributed by atoms with Crippen molar-refractivity contribution < 1.29 is 9.90 Å². The van der Waals surface area contributed by atoms with Crippen LogP contribution < -0.4 is 0 Å². The van der Waals surface area contributed by atoms with Gasteiger partial charge in [0.1, 0.15) is 0 Å². The molecule has 2 heterocycles. The lowest BCUT2D eigenvalue weighted by atomic mass is 9.94. The average molecular weight is 314 g/mol. The van der Waals surface area contributed by atoms with Crippen molar-refractivity contribution in [1.29, 1.82) is 0 Å². The normalized spacial score (nSPS) is 26.3. The molecule has 1 atom stereocenters. The van der Waals surface area contributed by atoms with Crippen LogP contribution in [0.1, 0.15) is 39.5 Å². The predicted molar refractivity (Wildman–Crippen MR) is 89.0 cm³/mol. The van der Waals surface area contributed by atoms with E-state index in [9.17, 15) is 9.90 Å². The topological polar surface area (TPSA) is 43.8 Å². The van der Waals surface area contributed by atoms with Crippen molar-refractivity contribution in [2.75, 3.05) is 38.5 Å². The third-order valence-corrected chi connectivity index (χ3v) is 5.82. The number of hydrogen-bond acceptors (Lipinski definition) is 4. The van der Waals surface area contributed by atoms with Crippen LogP contribution >= 0.6 is 11.8 Å². The van der Waals surface area contributed by atoms with E-state index in [-0.39, 0.29) is 5.92 Å². The molecule has 0 aromatic heterocycles. The predicted octanol–water partition coefficient (Wildman–Crippen LogP) is 2.39. The number of rotatable bonds is 6. The van der Waals surface area contributed by atoms with E-state index < -0.39 is 5.97 Å². The van der Waals surface area contributed by atoms with Crippen LogP contribution in [-0.2, 0) is 4.79 Å². The fourth-order valence-corrected chi connectivity index (χ4v) is 4.30. The molecule has 2 saturated heterocycles. The molecule has 0 amide bonds. The van der Waals surface area contributed by atoms with Crippen LogP contribution in [0, 0.1) is 5.92 Å². The smallest absolute Gasteiger partial charge is 0.307 e. The van der Waals surface area contributed by atoms with Crippen LogP contribution in [0.25, 0.3) is 0 Å². The molecule has 0 spiro atoms. The third kappa shape index (κ3) is 5.46. The number of thioether (sulfide) groups is 1. The van der Waals surface area contributed by atoms with Gasteiger partial charge in [-0.1, -0.05) is 13.8 Å². The number of likely N-dealkylation sites (tertiary alicyclic amines) is 2. The molecule has 1 N–H and O–H groups in total. The van der Waals surface area contributed by atoms with Crippen LogP contribution in [0.15, 0.2) is 0 Å². The summed E-state index contributed by atoms with van der Waals surface area (Å²) in [5, 5.41) is 9.93. The Balaban J connectivity index is 1.69. The van der Waals surface area contributed by atoms with Crippen molar-refractivity contribution in [3.8, 4) is 0 Å². The Bertz CT molecular complexity index is 330. The van der Waals surface area contributed by atoms with Gasteiger partial charge >= 0.3 is 5.97 Å². The van der Waals surface area contributed by atoms with Crippen molar-refractivity contribution >= 4 is 17.7 Å². The second kappa shape index (κ2) is 8.39. The van der Waals surface area contributed by atoms with Gasteiger partial charge in [-0.15, -0.1) is 0 Å². The van der Waals surface area contributed by atoms with E-state index in [0.717, 1.165) is 31.2 Å². The highest BCUT2D eigenvalue weighted by molar-refractivity contribution is 7.99. The molecule has 0 aliphatic carbocycles. The quantitative estimate of drug-likeness (QED) is 0.815. The Morgan fingerprint density at radius 1 is 1.24 bits per heavy atom. The molecule has 0 saturated carbocycles. The first-order valence-corrected chi connectivity index (χ1v) is 9.42. The Labute approximate surface area is 133 Å². The summed E-state index contributed by atoms with van der Waals surface area (Å²) in [5.41, 5.74) is 0. The number of nitrogens with zero attached hydrogens (tertiary/aromatic N) is 2. The second-order valence-electron chi connectivity index (χ2n) is 6.66. The highest BCUT2D eigenvalue weighted by atomic mass is 32.2. The minimum atomic E-state index is -0.608. The standard InChI is InChI=1S/C16H30N2O2S/c1-13(2)21-11-10-17-8-5-15(6-9-17)18-7-3-4-14(12-18)16(19)20/h13-15H,3-12H2,1-2H3,(H,19,20)/t14-/m1/s1. The maximum atomic E-state index is 11.2. The second-order valence-corrected chi connectivity index (χ2v) is 8.35. The van der Waals surface area contributed by atoms with Crippen LogP contribution in [0.3, 0.4) is 0 Å². The maximum absolute atomic E-state index is 11.2. The number of carboxylic acid groups (broad SMARTS) is 1. The van der Waals surface area contributed by atoms with Crippen LogP contribution in [0.5, 0.6) is 0 Å². The van der Waals surface area contributed by atoms with Gasteiger partial charge in [0, 0.05) is 24.9 Å². The van der Waals surface area contributed by atoms with Gasteiger partial charge in [0.25, 0.3) is 0 Å². The number of carboxylic acids is 1. The zero-order valence-corrected chi connectivity index (χ0v) is 14.3. The van der Waals surface area contributed by atoms with E-state index in [2.05, 4.69) is 23.6 Å². The highest BCUT2D eigenvalue weighted by Gasteiger charge is 2.31. The molecule has 2 rings (SSSR count). The van der Waals surface area contributed by atoms with E-state index in [1.165, 1.54) is 38.2 Å². The lowest BCUT2D eigenvalue weighted by Gasteiger charge is -2.41. The van der Waals surface area contributed by atoms with Gasteiger partial charge in [-0.25, -0.2) is 0 Å². The molecule has 4 nitrogen and oxygen atoms in total. The third-order valence-electron chi connectivity index (χ3n) is 4.73. The fourth-order valence-electron chi connectivity index (χ4n) is 3.47. The lowest BCUT2D eigenvalue weighted by molar-refractivity contribution is -0.144. The summed E-state index contributed by atoms with van der Waals surface area (Å²) in [7, 11) is 0. The number of aliphatic carboxylic acids is 1. The van der Waals surface area contributed by atoms with Gasteiger partial charge in [0.2, 0.25) is 0 Å². The van der Waals surface area contributed by atoms with Crippen molar-refractivity contribution in [2.45, 2.75) is 50.8 Å². The molecule has 0 radical (unpaired) electrons. The molecule has 2 aliphatic heterocycles. The van der Waals surface area contributed by atoms with Crippen molar-refractivity contribution in [2.24, 2.45) is 5.92 Å². The first-order chi connectivity index (χ1) is 10.1. The molecule has 21 heavy (non-hydrogen) atoms. The first-order valence-electron chi connectivity index (χ1n) is 8.37. The molecule has 5 heteroatoms. The summed E-state index contributed by atoms with van der Waals surface area (Å²) in [6, 6.07) is 0.612. The summed E-state index contributed by atoms with van der Waals surface area (Å²) < 4.78 is 0. The van der Waals surface area contributed by atoms with Gasteiger partial charge in [-0.3, -0.25) is 9.69 Å². The molecule has 0 unspecified atom stereocenters. The SMILES string of the molecule is CC(C)SCCN1CCC(N2CCC[C@@H](C(=O)O)C2)CC1. The minimum Gasteiger partial charge on any atom is -0.481 e. The minimum absolute atomic E-state index is 0.140. The number of piperidine rings is 2. The summed E-state index contributed by atoms with van der Waals surface area (Å²) in [6.07, 6.45) is 4.32. The van der Waals surface area contributed by atoms with Gasteiger partial charge in [-0.2, -0.15) is 11.8 Å².